The Morgan fingerprint density at radius 1 is 1.05 bits per heavy atom. The number of benzene rings is 3. The lowest BCUT2D eigenvalue weighted by atomic mass is 9.90. The number of sulfonamides is 1. The number of fused-ring (bicyclic) bond motifs is 2. The van der Waals surface area contributed by atoms with Crippen LogP contribution >= 0.6 is 0 Å². The SMILES string of the molecule is COC(=O)C[C@@H]1COc2cc(O[C@@H]3CCc4c(-c5c(C)cc(O[C@H]6CCCN(S(C)(=O)=O)C6)cc5C)ccc(F)c43)ccc21. The number of nitrogens with zero attached hydrogens (tertiary/aromatic N) is 1. The van der Waals surface area contributed by atoms with E-state index in [9.17, 15) is 13.2 Å². The molecule has 3 atom stereocenters. The molecule has 6 rings (SSSR count). The van der Waals surface area contributed by atoms with E-state index in [0.29, 0.717) is 55.4 Å². The topological polar surface area (TPSA) is 91.4 Å². The smallest absolute Gasteiger partial charge is 0.306 e. The highest BCUT2D eigenvalue weighted by molar-refractivity contribution is 7.88. The molecule has 3 aliphatic rings. The van der Waals surface area contributed by atoms with Crippen LogP contribution in [-0.2, 0) is 26.0 Å². The summed E-state index contributed by atoms with van der Waals surface area (Å²) in [7, 11) is -1.89. The molecule has 0 saturated carbocycles. The van der Waals surface area contributed by atoms with E-state index in [4.69, 9.17) is 18.9 Å². The molecule has 1 saturated heterocycles. The highest BCUT2D eigenvalue weighted by Gasteiger charge is 2.33. The monoisotopic (exact) mass is 623 g/mol. The molecule has 1 fully saturated rings. The molecule has 0 bridgehead atoms. The Labute approximate surface area is 258 Å². The predicted octanol–water partition coefficient (Wildman–Crippen LogP) is 6.02. The molecule has 3 aromatic carbocycles. The maximum Gasteiger partial charge on any atom is 0.306 e. The van der Waals surface area contributed by atoms with Crippen molar-refractivity contribution in [3.8, 4) is 28.4 Å². The van der Waals surface area contributed by atoms with Crippen LogP contribution in [0.25, 0.3) is 11.1 Å². The van der Waals surface area contributed by atoms with Gasteiger partial charge in [-0.15, -0.1) is 0 Å². The lowest BCUT2D eigenvalue weighted by molar-refractivity contribution is -0.141. The van der Waals surface area contributed by atoms with E-state index in [1.54, 1.807) is 0 Å². The van der Waals surface area contributed by atoms with Gasteiger partial charge in [-0.25, -0.2) is 12.8 Å². The molecule has 0 aromatic heterocycles. The van der Waals surface area contributed by atoms with Crippen molar-refractivity contribution in [3.05, 3.63) is 76.1 Å². The third-order valence-corrected chi connectivity index (χ3v) is 10.2. The van der Waals surface area contributed by atoms with Gasteiger partial charge in [0.1, 0.15) is 35.3 Å². The zero-order valence-corrected chi connectivity index (χ0v) is 26.3. The molecule has 44 heavy (non-hydrogen) atoms. The van der Waals surface area contributed by atoms with Gasteiger partial charge < -0.3 is 18.9 Å². The van der Waals surface area contributed by atoms with Crippen LogP contribution in [-0.4, -0.2) is 57.9 Å². The Hall–Kier alpha value is -3.63. The molecule has 2 heterocycles. The number of ether oxygens (including phenoxy) is 4. The summed E-state index contributed by atoms with van der Waals surface area (Å²) in [6.45, 7) is 5.31. The van der Waals surface area contributed by atoms with E-state index in [0.717, 1.165) is 46.2 Å². The number of aryl methyl sites for hydroxylation is 2. The van der Waals surface area contributed by atoms with Crippen LogP contribution in [0.3, 0.4) is 0 Å². The Morgan fingerprint density at radius 3 is 2.55 bits per heavy atom. The van der Waals surface area contributed by atoms with Crippen molar-refractivity contribution in [2.45, 2.75) is 64.1 Å². The van der Waals surface area contributed by atoms with Gasteiger partial charge in [0.15, 0.2) is 0 Å². The van der Waals surface area contributed by atoms with Gasteiger partial charge >= 0.3 is 5.97 Å². The Kier molecular flexibility index (Phi) is 8.32. The molecular formula is C34H38FNO7S. The number of hydrogen-bond donors (Lipinski definition) is 0. The summed E-state index contributed by atoms with van der Waals surface area (Å²) >= 11 is 0. The Morgan fingerprint density at radius 2 is 1.82 bits per heavy atom. The number of carbonyl (C=O) groups is 1. The molecule has 234 valence electrons. The third kappa shape index (κ3) is 6.02. The summed E-state index contributed by atoms with van der Waals surface area (Å²) in [5, 5.41) is 0. The van der Waals surface area contributed by atoms with Gasteiger partial charge in [-0.3, -0.25) is 4.79 Å². The first-order chi connectivity index (χ1) is 21.0. The quantitative estimate of drug-likeness (QED) is 0.284. The standard InChI is InChI=1S/C34H38FNO7S/c1-20-14-25(42-24-6-5-13-36(18-24)44(4,38)39)15-21(2)33(20)27-9-11-29(35)34-28(27)10-12-30(34)43-23-7-8-26-22(16-32(37)40-3)19-41-31(26)17-23/h7-9,11,14-15,17,22,24,30H,5-6,10,12-13,16,18-19H2,1-4H3/t22-,24+,30-/m1/s1. The summed E-state index contributed by atoms with van der Waals surface area (Å²) in [5.41, 5.74) is 6.50. The average molecular weight is 624 g/mol. The fourth-order valence-corrected chi connectivity index (χ4v) is 7.78. The van der Waals surface area contributed by atoms with Gasteiger partial charge in [-0.2, -0.15) is 4.31 Å². The normalized spacial score (nSPS) is 21.3. The van der Waals surface area contributed by atoms with E-state index in [2.05, 4.69) is 0 Å². The lowest BCUT2D eigenvalue weighted by Gasteiger charge is -2.31. The van der Waals surface area contributed by atoms with Gasteiger partial charge in [0.25, 0.3) is 0 Å². The largest absolute Gasteiger partial charge is 0.492 e. The molecule has 8 nitrogen and oxygen atoms in total. The summed E-state index contributed by atoms with van der Waals surface area (Å²) in [6.07, 6.45) is 3.71. The van der Waals surface area contributed by atoms with Crippen LogP contribution in [0.1, 0.15) is 65.5 Å². The second kappa shape index (κ2) is 12.0. The number of methoxy groups -OCH3 is 1. The van der Waals surface area contributed by atoms with Crippen LogP contribution < -0.4 is 14.2 Å². The minimum absolute atomic E-state index is 0.0631. The first-order valence-corrected chi connectivity index (χ1v) is 16.9. The number of carbonyl (C=O) groups excluding carboxylic acids is 1. The minimum Gasteiger partial charge on any atom is -0.492 e. The second-order valence-corrected chi connectivity index (χ2v) is 14.0. The van der Waals surface area contributed by atoms with Gasteiger partial charge in [-0.1, -0.05) is 12.1 Å². The maximum absolute atomic E-state index is 15.4. The van der Waals surface area contributed by atoms with Crippen molar-refractivity contribution in [3.63, 3.8) is 0 Å². The molecular weight excluding hydrogens is 585 g/mol. The second-order valence-electron chi connectivity index (χ2n) is 12.1. The minimum atomic E-state index is -3.26. The summed E-state index contributed by atoms with van der Waals surface area (Å²) in [6, 6.07) is 12.9. The van der Waals surface area contributed by atoms with Crippen LogP contribution in [0.5, 0.6) is 17.2 Å². The third-order valence-electron chi connectivity index (χ3n) is 8.95. The Bertz CT molecular complexity index is 1680. The zero-order valence-electron chi connectivity index (χ0n) is 25.5. The molecule has 0 amide bonds. The van der Waals surface area contributed by atoms with E-state index in [1.165, 1.54) is 23.7 Å². The summed E-state index contributed by atoms with van der Waals surface area (Å²) < 4.78 is 64.2. The fourth-order valence-electron chi connectivity index (χ4n) is 6.89. The highest BCUT2D eigenvalue weighted by Crippen LogP contribution is 2.45. The number of esters is 1. The molecule has 10 heteroatoms. The van der Waals surface area contributed by atoms with Gasteiger partial charge in [0.05, 0.1) is 32.9 Å². The molecule has 0 radical (unpaired) electrons. The van der Waals surface area contributed by atoms with Crippen molar-refractivity contribution in [1.29, 1.82) is 0 Å². The van der Waals surface area contributed by atoms with E-state index in [-0.39, 0.29) is 30.2 Å². The molecule has 3 aromatic rings. The van der Waals surface area contributed by atoms with Crippen molar-refractivity contribution < 1.29 is 36.6 Å². The number of halogens is 1. The first-order valence-electron chi connectivity index (χ1n) is 15.1. The van der Waals surface area contributed by atoms with Gasteiger partial charge in [0.2, 0.25) is 10.0 Å². The number of hydrogen-bond acceptors (Lipinski definition) is 7. The number of piperidine rings is 1. The van der Waals surface area contributed by atoms with Crippen LogP contribution in [0.4, 0.5) is 4.39 Å². The fraction of sp³-hybridized carbons (Fsp3) is 0.441. The maximum atomic E-state index is 15.4. The molecule has 0 unspecified atom stereocenters. The van der Waals surface area contributed by atoms with Crippen LogP contribution in [0.2, 0.25) is 0 Å². The zero-order chi connectivity index (χ0) is 31.2. The van der Waals surface area contributed by atoms with Crippen LogP contribution in [0, 0.1) is 19.7 Å². The molecule has 1 aliphatic carbocycles. The molecule has 0 N–H and O–H groups in total. The van der Waals surface area contributed by atoms with Gasteiger partial charge in [0, 0.05) is 29.7 Å². The van der Waals surface area contributed by atoms with Crippen molar-refractivity contribution in [2.24, 2.45) is 0 Å². The first kappa shape index (κ1) is 30.4. The average Bonchev–Trinajstić information content (AvgIpc) is 3.58. The van der Waals surface area contributed by atoms with Crippen molar-refractivity contribution >= 4 is 16.0 Å². The van der Waals surface area contributed by atoms with Crippen molar-refractivity contribution in [1.82, 2.24) is 4.31 Å². The van der Waals surface area contributed by atoms with Crippen LogP contribution in [0.15, 0.2) is 42.5 Å². The summed E-state index contributed by atoms with van der Waals surface area (Å²) in [5.74, 6) is 1.34. The molecule has 0 spiro atoms. The summed E-state index contributed by atoms with van der Waals surface area (Å²) in [4.78, 5) is 11.8. The van der Waals surface area contributed by atoms with E-state index in [1.807, 2.05) is 50.2 Å². The van der Waals surface area contributed by atoms with E-state index < -0.39 is 16.1 Å². The Balaban J connectivity index is 1.22. The van der Waals surface area contributed by atoms with Gasteiger partial charge in [-0.05, 0) is 91.6 Å². The number of rotatable bonds is 8. The van der Waals surface area contributed by atoms with Crippen molar-refractivity contribution in [2.75, 3.05) is 33.1 Å². The lowest BCUT2D eigenvalue weighted by Crippen LogP contribution is -2.43. The molecule has 2 aliphatic heterocycles. The predicted molar refractivity (Wildman–Crippen MR) is 164 cm³/mol. The van der Waals surface area contributed by atoms with E-state index >= 15 is 4.39 Å². The highest BCUT2D eigenvalue weighted by atomic mass is 32.2.